The van der Waals surface area contributed by atoms with Crippen LogP contribution in [-0.4, -0.2) is 25.5 Å². The molecule has 0 aliphatic heterocycles. The average molecular weight is 211 g/mol. The molecule has 0 heterocycles. The van der Waals surface area contributed by atoms with Crippen LogP contribution in [0.25, 0.3) is 0 Å². The van der Waals surface area contributed by atoms with Crippen molar-refractivity contribution >= 4 is 0 Å². The highest BCUT2D eigenvalue weighted by Crippen LogP contribution is 2.24. The van der Waals surface area contributed by atoms with Crippen LogP contribution in [0.4, 0.5) is 0 Å². The zero-order valence-electron chi connectivity index (χ0n) is 11.0. The van der Waals surface area contributed by atoms with Gasteiger partial charge in [0.05, 0.1) is 0 Å². The quantitative estimate of drug-likeness (QED) is 0.669. The molecule has 1 rings (SSSR count). The van der Waals surface area contributed by atoms with Crippen molar-refractivity contribution in [3.05, 3.63) is 0 Å². The molecule has 0 aromatic heterocycles. The molecular formula is C14H29N. The summed E-state index contributed by atoms with van der Waals surface area (Å²) < 4.78 is 0. The van der Waals surface area contributed by atoms with Gasteiger partial charge in [-0.25, -0.2) is 0 Å². The Labute approximate surface area is 96.2 Å². The Morgan fingerprint density at radius 2 is 1.33 bits per heavy atom. The van der Waals surface area contributed by atoms with Gasteiger partial charge in [0.1, 0.15) is 0 Å². The molecule has 0 spiro atoms. The molecule has 1 aliphatic rings. The predicted octanol–water partition coefficient (Wildman–Crippen LogP) is 3.93. The first-order valence-electron chi connectivity index (χ1n) is 6.83. The molecule has 0 unspecified atom stereocenters. The molecule has 1 nitrogen and oxygen atoms in total. The van der Waals surface area contributed by atoms with E-state index in [1.54, 1.807) is 0 Å². The first kappa shape index (κ1) is 13.0. The minimum absolute atomic E-state index is 0.966. The van der Waals surface area contributed by atoms with E-state index in [2.05, 4.69) is 25.9 Å². The molecular weight excluding hydrogens is 182 g/mol. The number of hydrogen-bond donors (Lipinski definition) is 0. The standard InChI is InChI=1S/C14H29N/c1-13-8-4-6-10-14(12-15(2)3)11-7-5-9-13/h13-14H,4-12H2,1-3H3. The molecule has 0 aromatic rings. The third-order valence-electron chi connectivity index (χ3n) is 3.74. The number of nitrogens with zero attached hydrogens (tertiary/aromatic N) is 1. The Bertz CT molecular complexity index is 141. The van der Waals surface area contributed by atoms with Gasteiger partial charge in [-0.1, -0.05) is 45.4 Å². The van der Waals surface area contributed by atoms with Crippen molar-refractivity contribution < 1.29 is 0 Å². The molecule has 0 aromatic carbocycles. The molecule has 1 aliphatic carbocycles. The molecule has 0 saturated heterocycles. The topological polar surface area (TPSA) is 3.24 Å². The lowest BCUT2D eigenvalue weighted by Crippen LogP contribution is -2.22. The van der Waals surface area contributed by atoms with Crippen LogP contribution in [0.1, 0.15) is 58.3 Å². The van der Waals surface area contributed by atoms with Crippen LogP contribution in [-0.2, 0) is 0 Å². The third kappa shape index (κ3) is 6.19. The Balaban J connectivity index is 2.28. The molecule has 0 bridgehead atoms. The summed E-state index contributed by atoms with van der Waals surface area (Å²) in [5, 5.41) is 0. The maximum Gasteiger partial charge on any atom is 0.000356 e. The summed E-state index contributed by atoms with van der Waals surface area (Å²) in [5.41, 5.74) is 0. The third-order valence-corrected chi connectivity index (χ3v) is 3.74. The second-order valence-electron chi connectivity index (χ2n) is 5.80. The molecule has 1 heteroatoms. The van der Waals surface area contributed by atoms with Crippen LogP contribution < -0.4 is 0 Å². The Hall–Kier alpha value is -0.0400. The monoisotopic (exact) mass is 211 g/mol. The second kappa shape index (κ2) is 7.27. The van der Waals surface area contributed by atoms with E-state index in [1.165, 1.54) is 57.9 Å². The van der Waals surface area contributed by atoms with Crippen molar-refractivity contribution in [3.63, 3.8) is 0 Å². The van der Waals surface area contributed by atoms with Gasteiger partial charge in [-0.2, -0.15) is 0 Å². The van der Waals surface area contributed by atoms with Gasteiger partial charge in [0, 0.05) is 6.54 Å². The maximum absolute atomic E-state index is 2.43. The maximum atomic E-state index is 2.43. The normalized spacial score (nSPS) is 30.4. The second-order valence-corrected chi connectivity index (χ2v) is 5.80. The van der Waals surface area contributed by atoms with Crippen molar-refractivity contribution in [2.24, 2.45) is 11.8 Å². The summed E-state index contributed by atoms with van der Waals surface area (Å²) in [4.78, 5) is 2.36. The SMILES string of the molecule is CC1CCCCC(CN(C)C)CCCC1. The van der Waals surface area contributed by atoms with Crippen LogP contribution in [0.2, 0.25) is 0 Å². The van der Waals surface area contributed by atoms with Crippen molar-refractivity contribution in [1.82, 2.24) is 4.90 Å². The van der Waals surface area contributed by atoms with Crippen LogP contribution in [0.15, 0.2) is 0 Å². The summed E-state index contributed by atoms with van der Waals surface area (Å²) >= 11 is 0. The zero-order chi connectivity index (χ0) is 11.1. The Kier molecular flexibility index (Phi) is 6.31. The van der Waals surface area contributed by atoms with Gasteiger partial charge in [-0.15, -0.1) is 0 Å². The van der Waals surface area contributed by atoms with E-state index in [1.807, 2.05) is 0 Å². The molecule has 0 atom stereocenters. The van der Waals surface area contributed by atoms with Gasteiger partial charge < -0.3 is 4.90 Å². The van der Waals surface area contributed by atoms with Crippen molar-refractivity contribution in [1.29, 1.82) is 0 Å². The van der Waals surface area contributed by atoms with Crippen LogP contribution in [0, 0.1) is 11.8 Å². The fourth-order valence-electron chi connectivity index (χ4n) is 2.84. The van der Waals surface area contributed by atoms with Gasteiger partial charge in [0.25, 0.3) is 0 Å². The smallest absolute Gasteiger partial charge is 0.000356 e. The fourth-order valence-corrected chi connectivity index (χ4v) is 2.84. The van der Waals surface area contributed by atoms with E-state index >= 15 is 0 Å². The lowest BCUT2D eigenvalue weighted by atomic mass is 9.89. The van der Waals surface area contributed by atoms with Crippen molar-refractivity contribution in [3.8, 4) is 0 Å². The zero-order valence-corrected chi connectivity index (χ0v) is 11.0. The minimum atomic E-state index is 0.966. The summed E-state index contributed by atoms with van der Waals surface area (Å²) in [5.74, 6) is 1.95. The first-order valence-corrected chi connectivity index (χ1v) is 6.83. The van der Waals surface area contributed by atoms with E-state index in [0.717, 1.165) is 11.8 Å². The van der Waals surface area contributed by atoms with Gasteiger partial charge in [0.15, 0.2) is 0 Å². The molecule has 1 saturated carbocycles. The minimum Gasteiger partial charge on any atom is -0.309 e. The molecule has 0 radical (unpaired) electrons. The van der Waals surface area contributed by atoms with Crippen LogP contribution in [0.5, 0.6) is 0 Å². The van der Waals surface area contributed by atoms with Gasteiger partial charge in [-0.3, -0.25) is 0 Å². The molecule has 0 amide bonds. The summed E-state index contributed by atoms with van der Waals surface area (Å²) in [6, 6.07) is 0. The van der Waals surface area contributed by atoms with E-state index in [4.69, 9.17) is 0 Å². The highest BCUT2D eigenvalue weighted by atomic mass is 15.1. The highest BCUT2D eigenvalue weighted by molar-refractivity contribution is 4.66. The van der Waals surface area contributed by atoms with Crippen molar-refractivity contribution in [2.75, 3.05) is 20.6 Å². The van der Waals surface area contributed by atoms with Gasteiger partial charge in [0.2, 0.25) is 0 Å². The highest BCUT2D eigenvalue weighted by Gasteiger charge is 2.12. The van der Waals surface area contributed by atoms with E-state index in [9.17, 15) is 0 Å². The molecule has 90 valence electrons. The van der Waals surface area contributed by atoms with E-state index in [-0.39, 0.29) is 0 Å². The fraction of sp³-hybridized carbons (Fsp3) is 1.00. The number of rotatable bonds is 2. The molecule has 15 heavy (non-hydrogen) atoms. The van der Waals surface area contributed by atoms with Gasteiger partial charge >= 0.3 is 0 Å². The van der Waals surface area contributed by atoms with Crippen LogP contribution >= 0.6 is 0 Å². The molecule has 1 fully saturated rings. The Morgan fingerprint density at radius 1 is 0.867 bits per heavy atom. The largest absolute Gasteiger partial charge is 0.309 e. The lowest BCUT2D eigenvalue weighted by molar-refractivity contribution is 0.275. The lowest BCUT2D eigenvalue weighted by Gasteiger charge is -2.23. The van der Waals surface area contributed by atoms with Crippen LogP contribution in [0.3, 0.4) is 0 Å². The summed E-state index contributed by atoms with van der Waals surface area (Å²) in [6.07, 6.45) is 11.7. The molecule has 0 N–H and O–H groups in total. The van der Waals surface area contributed by atoms with E-state index in [0.29, 0.717) is 0 Å². The predicted molar refractivity (Wildman–Crippen MR) is 68.1 cm³/mol. The number of hydrogen-bond acceptors (Lipinski definition) is 1. The average Bonchev–Trinajstić information content (AvgIpc) is 2.18. The summed E-state index contributed by atoms with van der Waals surface area (Å²) in [7, 11) is 4.42. The van der Waals surface area contributed by atoms with Gasteiger partial charge in [-0.05, 0) is 38.8 Å². The Morgan fingerprint density at radius 3 is 1.80 bits per heavy atom. The first-order chi connectivity index (χ1) is 7.18. The van der Waals surface area contributed by atoms with Crippen molar-refractivity contribution in [2.45, 2.75) is 58.3 Å². The van der Waals surface area contributed by atoms with E-state index < -0.39 is 0 Å². The summed E-state index contributed by atoms with van der Waals surface area (Å²) in [6.45, 7) is 3.73.